The molecule has 2 N–H and O–H groups in total. The molecule has 0 aromatic heterocycles. The van der Waals surface area contributed by atoms with Gasteiger partial charge in [0.05, 0.1) is 6.10 Å². The molecule has 1 aliphatic carbocycles. The van der Waals surface area contributed by atoms with E-state index in [9.17, 15) is 5.11 Å². The average Bonchev–Trinajstić information content (AvgIpc) is 2.14. The van der Waals surface area contributed by atoms with Gasteiger partial charge in [0, 0.05) is 12.6 Å². The molecule has 2 nitrogen and oxygen atoms in total. The van der Waals surface area contributed by atoms with Crippen LogP contribution in [0.5, 0.6) is 0 Å². The molecule has 0 unspecified atom stereocenters. The number of rotatable bonds is 4. The lowest BCUT2D eigenvalue weighted by Gasteiger charge is -2.38. The van der Waals surface area contributed by atoms with Crippen molar-refractivity contribution in [2.45, 2.75) is 59.1 Å². The monoisotopic (exact) mass is 213 g/mol. The Balaban J connectivity index is 2.46. The Morgan fingerprint density at radius 1 is 1.27 bits per heavy atom. The Morgan fingerprint density at radius 3 is 2.47 bits per heavy atom. The van der Waals surface area contributed by atoms with Crippen LogP contribution < -0.4 is 5.32 Å². The topological polar surface area (TPSA) is 32.3 Å². The quantitative estimate of drug-likeness (QED) is 0.751. The fourth-order valence-electron chi connectivity index (χ4n) is 2.76. The van der Waals surface area contributed by atoms with Gasteiger partial charge in [-0.05, 0) is 37.5 Å². The van der Waals surface area contributed by atoms with E-state index in [1.807, 2.05) is 6.92 Å². The van der Waals surface area contributed by atoms with Gasteiger partial charge in [-0.3, -0.25) is 0 Å². The maximum atomic E-state index is 9.31. The molecule has 2 heteroatoms. The lowest BCUT2D eigenvalue weighted by Crippen LogP contribution is -2.45. The summed E-state index contributed by atoms with van der Waals surface area (Å²) in [6.45, 7) is 9.56. The van der Waals surface area contributed by atoms with Gasteiger partial charge in [-0.15, -0.1) is 0 Å². The molecule has 1 fully saturated rings. The standard InChI is InChI=1S/C13H27NO/c1-9(2)12-6-5-10(3)7-13(12)14-8-11(4)15/h9-15H,5-8H2,1-4H3/t10-,11+,12+,13-/m1/s1. The zero-order chi connectivity index (χ0) is 11.4. The van der Waals surface area contributed by atoms with Crippen LogP contribution in [0.4, 0.5) is 0 Å². The maximum Gasteiger partial charge on any atom is 0.0636 e. The van der Waals surface area contributed by atoms with E-state index in [0.29, 0.717) is 6.04 Å². The van der Waals surface area contributed by atoms with Crippen LogP contribution in [-0.4, -0.2) is 23.8 Å². The molecule has 0 heterocycles. The highest BCUT2D eigenvalue weighted by Crippen LogP contribution is 2.33. The number of hydrogen-bond acceptors (Lipinski definition) is 2. The van der Waals surface area contributed by atoms with Crippen molar-refractivity contribution in [3.05, 3.63) is 0 Å². The number of hydrogen-bond donors (Lipinski definition) is 2. The third-order valence-electron chi connectivity index (χ3n) is 3.70. The number of aliphatic hydroxyl groups excluding tert-OH is 1. The van der Waals surface area contributed by atoms with Crippen LogP contribution >= 0.6 is 0 Å². The van der Waals surface area contributed by atoms with Crippen molar-refractivity contribution < 1.29 is 5.11 Å². The van der Waals surface area contributed by atoms with Gasteiger partial charge in [-0.25, -0.2) is 0 Å². The second-order valence-corrected chi connectivity index (χ2v) is 5.69. The Hall–Kier alpha value is -0.0800. The van der Waals surface area contributed by atoms with Crippen molar-refractivity contribution in [2.75, 3.05) is 6.54 Å². The van der Waals surface area contributed by atoms with Crippen molar-refractivity contribution in [2.24, 2.45) is 17.8 Å². The summed E-state index contributed by atoms with van der Waals surface area (Å²) in [7, 11) is 0. The summed E-state index contributed by atoms with van der Waals surface area (Å²) in [5.74, 6) is 2.38. The van der Waals surface area contributed by atoms with E-state index >= 15 is 0 Å². The molecule has 0 radical (unpaired) electrons. The molecule has 0 amide bonds. The summed E-state index contributed by atoms with van der Waals surface area (Å²) in [5.41, 5.74) is 0. The molecule has 4 atom stereocenters. The van der Waals surface area contributed by atoms with Crippen LogP contribution in [0.15, 0.2) is 0 Å². The Bertz CT molecular complexity index is 179. The Kier molecular flexibility index (Phi) is 5.07. The minimum Gasteiger partial charge on any atom is -0.392 e. The Labute approximate surface area is 94.5 Å². The van der Waals surface area contributed by atoms with E-state index in [0.717, 1.165) is 24.3 Å². The van der Waals surface area contributed by atoms with E-state index in [-0.39, 0.29) is 6.10 Å². The third kappa shape index (κ3) is 4.12. The fourth-order valence-corrected chi connectivity index (χ4v) is 2.76. The summed E-state index contributed by atoms with van der Waals surface area (Å²) in [6.07, 6.45) is 3.76. The fraction of sp³-hybridized carbons (Fsp3) is 1.00. The molecule has 0 aliphatic heterocycles. The third-order valence-corrected chi connectivity index (χ3v) is 3.70. The summed E-state index contributed by atoms with van der Waals surface area (Å²) in [5, 5.41) is 12.8. The van der Waals surface area contributed by atoms with Crippen molar-refractivity contribution >= 4 is 0 Å². The van der Waals surface area contributed by atoms with Crippen LogP contribution in [0, 0.1) is 17.8 Å². The summed E-state index contributed by atoms with van der Waals surface area (Å²) >= 11 is 0. The van der Waals surface area contributed by atoms with Crippen LogP contribution in [0.1, 0.15) is 47.0 Å². The molecule has 15 heavy (non-hydrogen) atoms. The van der Waals surface area contributed by atoms with Crippen molar-refractivity contribution in [3.8, 4) is 0 Å². The van der Waals surface area contributed by atoms with Gasteiger partial charge in [-0.2, -0.15) is 0 Å². The van der Waals surface area contributed by atoms with Gasteiger partial charge in [0.15, 0.2) is 0 Å². The number of nitrogens with one attached hydrogen (secondary N) is 1. The molecule has 1 rings (SSSR count). The second kappa shape index (κ2) is 5.86. The predicted molar refractivity (Wildman–Crippen MR) is 64.8 cm³/mol. The van der Waals surface area contributed by atoms with Gasteiger partial charge in [0.25, 0.3) is 0 Å². The molecule has 0 spiro atoms. The molecular formula is C13H27NO. The normalized spacial score (nSPS) is 34.4. The molecule has 0 aromatic rings. The van der Waals surface area contributed by atoms with E-state index in [1.165, 1.54) is 19.3 Å². The van der Waals surface area contributed by atoms with Crippen molar-refractivity contribution in [3.63, 3.8) is 0 Å². The largest absolute Gasteiger partial charge is 0.392 e. The zero-order valence-electron chi connectivity index (χ0n) is 10.7. The zero-order valence-corrected chi connectivity index (χ0v) is 10.7. The molecule has 90 valence electrons. The van der Waals surface area contributed by atoms with Crippen LogP contribution in [-0.2, 0) is 0 Å². The first-order valence-corrected chi connectivity index (χ1v) is 6.42. The second-order valence-electron chi connectivity index (χ2n) is 5.69. The van der Waals surface area contributed by atoms with Crippen molar-refractivity contribution in [1.29, 1.82) is 0 Å². The molecule has 0 bridgehead atoms. The lowest BCUT2D eigenvalue weighted by atomic mass is 9.74. The Morgan fingerprint density at radius 2 is 1.93 bits per heavy atom. The first kappa shape index (κ1) is 13.0. The van der Waals surface area contributed by atoms with Gasteiger partial charge in [0.2, 0.25) is 0 Å². The SMILES string of the molecule is CC(C)[C@@H]1CC[C@@H](C)C[C@H]1NC[C@H](C)O. The highest BCUT2D eigenvalue weighted by Gasteiger charge is 2.30. The molecule has 0 aromatic carbocycles. The highest BCUT2D eigenvalue weighted by molar-refractivity contribution is 4.85. The molecule has 0 saturated heterocycles. The van der Waals surface area contributed by atoms with E-state index < -0.39 is 0 Å². The van der Waals surface area contributed by atoms with E-state index in [4.69, 9.17) is 0 Å². The van der Waals surface area contributed by atoms with Crippen LogP contribution in [0.25, 0.3) is 0 Å². The van der Waals surface area contributed by atoms with Gasteiger partial charge in [-0.1, -0.05) is 27.2 Å². The summed E-state index contributed by atoms with van der Waals surface area (Å²) in [6, 6.07) is 0.614. The maximum absolute atomic E-state index is 9.31. The van der Waals surface area contributed by atoms with Gasteiger partial charge in [0.1, 0.15) is 0 Å². The number of aliphatic hydroxyl groups is 1. The highest BCUT2D eigenvalue weighted by atomic mass is 16.3. The summed E-state index contributed by atoms with van der Waals surface area (Å²) < 4.78 is 0. The first-order valence-electron chi connectivity index (χ1n) is 6.42. The minimum absolute atomic E-state index is 0.227. The lowest BCUT2D eigenvalue weighted by molar-refractivity contribution is 0.138. The average molecular weight is 213 g/mol. The van der Waals surface area contributed by atoms with Gasteiger partial charge < -0.3 is 10.4 Å². The van der Waals surface area contributed by atoms with Crippen molar-refractivity contribution in [1.82, 2.24) is 5.32 Å². The molecule has 1 aliphatic rings. The first-order chi connectivity index (χ1) is 7.00. The smallest absolute Gasteiger partial charge is 0.0636 e. The molecular weight excluding hydrogens is 186 g/mol. The minimum atomic E-state index is -0.227. The van der Waals surface area contributed by atoms with Gasteiger partial charge >= 0.3 is 0 Å². The van der Waals surface area contributed by atoms with E-state index in [2.05, 4.69) is 26.1 Å². The predicted octanol–water partition coefficient (Wildman–Crippen LogP) is 2.42. The van der Waals surface area contributed by atoms with Crippen LogP contribution in [0.2, 0.25) is 0 Å². The van der Waals surface area contributed by atoms with Crippen LogP contribution in [0.3, 0.4) is 0 Å². The van der Waals surface area contributed by atoms with E-state index in [1.54, 1.807) is 0 Å². The summed E-state index contributed by atoms with van der Waals surface area (Å²) in [4.78, 5) is 0. The molecule has 1 saturated carbocycles.